The average Bonchev–Trinajstić information content (AvgIpc) is 2.65. The number of hydrogen-bond donors (Lipinski definition) is 2. The first-order valence-corrected chi connectivity index (χ1v) is 8.58. The molecule has 25 heavy (non-hydrogen) atoms. The summed E-state index contributed by atoms with van der Waals surface area (Å²) in [4.78, 5) is 12.0. The molecule has 0 saturated heterocycles. The number of carbonyl (C=O) groups is 1. The molecule has 2 N–H and O–H groups in total. The Morgan fingerprint density at radius 3 is 2.16 bits per heavy atom. The van der Waals surface area contributed by atoms with Gasteiger partial charge in [-0.05, 0) is 61.4 Å². The largest absolute Gasteiger partial charge is 0.457 e. The Labute approximate surface area is 147 Å². The molecule has 5 nitrogen and oxygen atoms in total. The molecule has 0 bridgehead atoms. The molecule has 1 fully saturated rings. The first kappa shape index (κ1) is 16.8. The lowest BCUT2D eigenvalue weighted by atomic mass is 9.96. The maximum Gasteiger partial charge on any atom is 0.319 e. The number of rotatable bonds is 4. The maximum absolute atomic E-state index is 12.0. The average molecular weight is 335 g/mol. The maximum atomic E-state index is 12.0. The van der Waals surface area contributed by atoms with Crippen LogP contribution in [0, 0.1) is 11.3 Å². The minimum atomic E-state index is -0.160. The van der Waals surface area contributed by atoms with Crippen molar-refractivity contribution in [3.8, 4) is 17.6 Å². The fourth-order valence-corrected chi connectivity index (χ4v) is 2.94. The summed E-state index contributed by atoms with van der Waals surface area (Å²) >= 11 is 0. The van der Waals surface area contributed by atoms with Gasteiger partial charge in [0.15, 0.2) is 0 Å². The van der Waals surface area contributed by atoms with E-state index in [1.54, 1.807) is 48.5 Å². The van der Waals surface area contributed by atoms with E-state index in [2.05, 4.69) is 16.7 Å². The number of nitrogens with zero attached hydrogens (tertiary/aromatic N) is 1. The van der Waals surface area contributed by atoms with Crippen molar-refractivity contribution in [3.05, 3.63) is 54.1 Å². The van der Waals surface area contributed by atoms with Gasteiger partial charge >= 0.3 is 6.03 Å². The van der Waals surface area contributed by atoms with Crippen LogP contribution in [0.5, 0.6) is 11.5 Å². The third-order valence-corrected chi connectivity index (χ3v) is 4.27. The fraction of sp³-hybridized carbons (Fsp3) is 0.300. The topological polar surface area (TPSA) is 74.1 Å². The summed E-state index contributed by atoms with van der Waals surface area (Å²) in [6.45, 7) is 0. The third kappa shape index (κ3) is 4.98. The second-order valence-corrected chi connectivity index (χ2v) is 6.20. The van der Waals surface area contributed by atoms with Crippen LogP contribution < -0.4 is 15.4 Å². The van der Waals surface area contributed by atoms with Gasteiger partial charge in [-0.15, -0.1) is 0 Å². The van der Waals surface area contributed by atoms with Crippen molar-refractivity contribution >= 4 is 11.7 Å². The van der Waals surface area contributed by atoms with Gasteiger partial charge in [0, 0.05) is 11.7 Å². The lowest BCUT2D eigenvalue weighted by Crippen LogP contribution is -2.38. The summed E-state index contributed by atoms with van der Waals surface area (Å²) in [5.74, 6) is 1.33. The first-order valence-electron chi connectivity index (χ1n) is 8.58. The molecule has 3 rings (SSSR count). The van der Waals surface area contributed by atoms with Crippen molar-refractivity contribution in [1.82, 2.24) is 5.32 Å². The number of urea groups is 1. The van der Waals surface area contributed by atoms with Crippen LogP contribution in [-0.2, 0) is 0 Å². The van der Waals surface area contributed by atoms with Crippen LogP contribution in [0.1, 0.15) is 37.7 Å². The minimum absolute atomic E-state index is 0.160. The fourth-order valence-electron chi connectivity index (χ4n) is 2.94. The van der Waals surface area contributed by atoms with Crippen molar-refractivity contribution in [2.24, 2.45) is 0 Å². The summed E-state index contributed by atoms with van der Waals surface area (Å²) in [7, 11) is 0. The van der Waals surface area contributed by atoms with Gasteiger partial charge in [0.1, 0.15) is 11.5 Å². The van der Waals surface area contributed by atoms with Crippen molar-refractivity contribution in [2.45, 2.75) is 38.1 Å². The first-order chi connectivity index (χ1) is 12.2. The zero-order chi connectivity index (χ0) is 17.5. The van der Waals surface area contributed by atoms with E-state index in [0.29, 0.717) is 17.1 Å². The number of nitriles is 1. The SMILES string of the molecule is N#Cc1ccc(Oc2ccc(NC(=O)NC3CCCCC3)cc2)cc1. The van der Waals surface area contributed by atoms with Crippen molar-refractivity contribution < 1.29 is 9.53 Å². The van der Waals surface area contributed by atoms with E-state index in [9.17, 15) is 4.79 Å². The molecule has 1 aliphatic carbocycles. The summed E-state index contributed by atoms with van der Waals surface area (Å²) < 4.78 is 5.72. The zero-order valence-electron chi connectivity index (χ0n) is 14.0. The Kier molecular flexibility index (Phi) is 5.53. The second-order valence-electron chi connectivity index (χ2n) is 6.20. The van der Waals surface area contributed by atoms with E-state index in [1.807, 2.05) is 0 Å². The minimum Gasteiger partial charge on any atom is -0.457 e. The van der Waals surface area contributed by atoms with Crippen LogP contribution >= 0.6 is 0 Å². The van der Waals surface area contributed by atoms with Crippen LogP contribution in [0.15, 0.2) is 48.5 Å². The summed E-state index contributed by atoms with van der Waals surface area (Å²) in [6, 6.07) is 16.3. The molecule has 0 aromatic heterocycles. The molecule has 0 atom stereocenters. The Bertz CT molecular complexity index is 742. The number of carbonyl (C=O) groups excluding carboxylic acids is 1. The van der Waals surface area contributed by atoms with Gasteiger partial charge in [-0.3, -0.25) is 0 Å². The number of ether oxygens (including phenoxy) is 1. The highest BCUT2D eigenvalue weighted by Crippen LogP contribution is 2.23. The normalized spacial score (nSPS) is 14.4. The molecular formula is C20H21N3O2. The standard InChI is InChI=1S/C20H21N3O2/c21-14-15-6-10-18(11-7-15)25-19-12-8-17(9-13-19)23-20(24)22-16-4-2-1-3-5-16/h6-13,16H,1-5H2,(H2,22,23,24). The molecule has 2 amide bonds. The number of amides is 2. The van der Waals surface area contributed by atoms with Gasteiger partial charge < -0.3 is 15.4 Å². The number of benzene rings is 2. The summed E-state index contributed by atoms with van der Waals surface area (Å²) in [6.07, 6.45) is 5.76. The molecule has 0 unspecified atom stereocenters. The molecule has 128 valence electrons. The highest BCUT2D eigenvalue weighted by molar-refractivity contribution is 5.89. The Balaban J connectivity index is 1.52. The molecular weight excluding hydrogens is 314 g/mol. The third-order valence-electron chi connectivity index (χ3n) is 4.27. The lowest BCUT2D eigenvalue weighted by molar-refractivity contribution is 0.244. The van der Waals surface area contributed by atoms with Gasteiger partial charge in [0.05, 0.1) is 11.6 Å². The lowest BCUT2D eigenvalue weighted by Gasteiger charge is -2.22. The number of nitrogens with one attached hydrogen (secondary N) is 2. The van der Waals surface area contributed by atoms with Crippen LogP contribution in [0.3, 0.4) is 0 Å². The van der Waals surface area contributed by atoms with Gasteiger partial charge in [0.25, 0.3) is 0 Å². The van der Waals surface area contributed by atoms with E-state index in [-0.39, 0.29) is 12.1 Å². The van der Waals surface area contributed by atoms with Crippen molar-refractivity contribution in [2.75, 3.05) is 5.32 Å². The molecule has 0 radical (unpaired) electrons. The van der Waals surface area contributed by atoms with Crippen LogP contribution in [0.25, 0.3) is 0 Å². The molecule has 1 saturated carbocycles. The smallest absolute Gasteiger partial charge is 0.319 e. The quantitative estimate of drug-likeness (QED) is 0.842. The molecule has 1 aliphatic rings. The van der Waals surface area contributed by atoms with E-state index in [1.165, 1.54) is 19.3 Å². The predicted molar refractivity (Wildman–Crippen MR) is 96.7 cm³/mol. The Hall–Kier alpha value is -3.00. The zero-order valence-corrected chi connectivity index (χ0v) is 14.0. The van der Waals surface area contributed by atoms with Crippen LogP contribution in [0.2, 0.25) is 0 Å². The highest BCUT2D eigenvalue weighted by Gasteiger charge is 2.15. The highest BCUT2D eigenvalue weighted by atomic mass is 16.5. The van der Waals surface area contributed by atoms with Crippen molar-refractivity contribution in [3.63, 3.8) is 0 Å². The molecule has 2 aromatic carbocycles. The van der Waals surface area contributed by atoms with E-state index in [4.69, 9.17) is 10.00 Å². The Morgan fingerprint density at radius 2 is 1.56 bits per heavy atom. The van der Waals surface area contributed by atoms with Gasteiger partial charge in [-0.25, -0.2) is 4.79 Å². The van der Waals surface area contributed by atoms with E-state index < -0.39 is 0 Å². The Morgan fingerprint density at radius 1 is 0.960 bits per heavy atom. The van der Waals surface area contributed by atoms with Crippen LogP contribution in [0.4, 0.5) is 10.5 Å². The molecule has 5 heteroatoms. The van der Waals surface area contributed by atoms with Gasteiger partial charge in [-0.2, -0.15) is 5.26 Å². The van der Waals surface area contributed by atoms with Gasteiger partial charge in [-0.1, -0.05) is 19.3 Å². The molecule has 2 aromatic rings. The summed E-state index contributed by atoms with van der Waals surface area (Å²) in [5, 5.41) is 14.7. The number of anilines is 1. The van der Waals surface area contributed by atoms with Crippen LogP contribution in [-0.4, -0.2) is 12.1 Å². The van der Waals surface area contributed by atoms with E-state index >= 15 is 0 Å². The summed E-state index contributed by atoms with van der Waals surface area (Å²) in [5.41, 5.74) is 1.32. The number of hydrogen-bond acceptors (Lipinski definition) is 3. The molecule has 0 spiro atoms. The predicted octanol–water partition coefficient (Wildman–Crippen LogP) is 4.80. The second kappa shape index (κ2) is 8.20. The molecule has 0 heterocycles. The monoisotopic (exact) mass is 335 g/mol. The van der Waals surface area contributed by atoms with Crippen molar-refractivity contribution in [1.29, 1.82) is 5.26 Å². The van der Waals surface area contributed by atoms with E-state index in [0.717, 1.165) is 18.5 Å². The molecule has 0 aliphatic heterocycles. The van der Waals surface area contributed by atoms with Gasteiger partial charge in [0.2, 0.25) is 0 Å².